The number of rotatable bonds is 8. The van der Waals surface area contributed by atoms with Crippen LogP contribution in [0.2, 0.25) is 0 Å². The zero-order valence-corrected chi connectivity index (χ0v) is 26.1. The minimum Gasteiger partial charge on any atom is -0.460 e. The lowest BCUT2D eigenvalue weighted by Crippen LogP contribution is -2.45. The van der Waals surface area contributed by atoms with Gasteiger partial charge in [0.15, 0.2) is 6.10 Å². The summed E-state index contributed by atoms with van der Waals surface area (Å²) in [4.78, 5) is 52.2. The Morgan fingerprint density at radius 2 is 1.60 bits per heavy atom. The third-order valence-corrected chi connectivity index (χ3v) is 8.86. The van der Waals surface area contributed by atoms with Gasteiger partial charge in [-0.15, -0.1) is 0 Å². The molecule has 8 nitrogen and oxygen atoms in total. The Labute approximate surface area is 255 Å². The molecule has 0 bridgehead atoms. The predicted molar refractivity (Wildman–Crippen MR) is 163 cm³/mol. The number of unbranched alkanes of at least 4 members (excludes halogenated alkanes) is 1. The zero-order valence-electron chi connectivity index (χ0n) is 26.1. The van der Waals surface area contributed by atoms with E-state index in [2.05, 4.69) is 25.2 Å². The number of ether oxygens (including phenoxy) is 3. The number of fused-ring (bicyclic) bond motifs is 4. The molecule has 2 heterocycles. The minimum absolute atomic E-state index is 0.0450. The Bertz CT molecular complexity index is 1270. The standard InChI is InChI=1S/C35H45NO7/c1-7-8-9-10-11-12-15-27-20-30(42-24(5)38)33-32-22(3)19-26-17-18-29(41-23(4)37)34(43-25(6)39)31(26)21(2)14-13-16-28(32)35(40)36(27)33/h9-14,16-19,26-34H,7-8,15,20H2,1-6H3/b10-9+,12-11+,16-13-,21-14+,22-19+/t26-,27-,28+,29-,30+,31-,32-,33+,34-/m1/s1. The molecule has 0 saturated carbocycles. The van der Waals surface area contributed by atoms with Gasteiger partial charge >= 0.3 is 17.9 Å². The van der Waals surface area contributed by atoms with Crippen molar-refractivity contribution in [1.29, 1.82) is 0 Å². The van der Waals surface area contributed by atoms with E-state index in [9.17, 15) is 19.2 Å². The van der Waals surface area contributed by atoms with E-state index in [4.69, 9.17) is 14.2 Å². The lowest BCUT2D eigenvalue weighted by molar-refractivity contribution is -0.166. The summed E-state index contributed by atoms with van der Waals surface area (Å²) in [6.45, 7) is 10.2. The van der Waals surface area contributed by atoms with E-state index >= 15 is 0 Å². The van der Waals surface area contributed by atoms with Gasteiger partial charge in [0.1, 0.15) is 12.2 Å². The van der Waals surface area contributed by atoms with Crippen LogP contribution in [0.25, 0.3) is 0 Å². The quantitative estimate of drug-likeness (QED) is 0.158. The molecular weight excluding hydrogens is 546 g/mol. The minimum atomic E-state index is -0.711. The molecule has 0 radical (unpaired) electrons. The first-order chi connectivity index (χ1) is 20.5. The fraction of sp³-hybridized carbons (Fsp3) is 0.543. The average Bonchev–Trinajstić information content (AvgIpc) is 3.41. The Kier molecular flexibility index (Phi) is 10.6. The number of amides is 1. The van der Waals surface area contributed by atoms with Crippen LogP contribution in [-0.2, 0) is 33.4 Å². The van der Waals surface area contributed by atoms with Gasteiger partial charge in [0.2, 0.25) is 5.91 Å². The third-order valence-electron chi connectivity index (χ3n) is 8.86. The predicted octanol–water partition coefficient (Wildman–Crippen LogP) is 5.56. The first-order valence-electron chi connectivity index (χ1n) is 15.4. The Hall–Kier alpha value is -3.68. The molecule has 2 aliphatic carbocycles. The van der Waals surface area contributed by atoms with Crippen LogP contribution in [-0.4, -0.2) is 59.1 Å². The molecular formula is C35H45NO7. The van der Waals surface area contributed by atoms with Gasteiger partial charge in [-0.3, -0.25) is 19.2 Å². The summed E-state index contributed by atoms with van der Waals surface area (Å²) < 4.78 is 17.2. The molecule has 4 rings (SSSR count). The smallest absolute Gasteiger partial charge is 0.303 e. The van der Waals surface area contributed by atoms with E-state index in [0.717, 1.165) is 24.0 Å². The van der Waals surface area contributed by atoms with Crippen LogP contribution in [0.5, 0.6) is 0 Å². The van der Waals surface area contributed by atoms with Crippen LogP contribution >= 0.6 is 0 Å². The molecule has 0 aromatic rings. The fourth-order valence-corrected chi connectivity index (χ4v) is 7.26. The van der Waals surface area contributed by atoms with E-state index < -0.39 is 36.2 Å². The molecule has 0 N–H and O–H groups in total. The first kappa shape index (κ1) is 32.2. The molecule has 1 amide bonds. The van der Waals surface area contributed by atoms with Gasteiger partial charge in [-0.05, 0) is 32.8 Å². The molecule has 2 fully saturated rings. The van der Waals surface area contributed by atoms with Crippen molar-refractivity contribution in [2.24, 2.45) is 23.7 Å². The van der Waals surface area contributed by atoms with Crippen LogP contribution < -0.4 is 0 Å². The second kappa shape index (κ2) is 14.2. The molecule has 0 spiro atoms. The summed E-state index contributed by atoms with van der Waals surface area (Å²) in [6.07, 6.45) is 21.6. The summed E-state index contributed by atoms with van der Waals surface area (Å²) in [7, 11) is 0. The molecule has 232 valence electrons. The van der Waals surface area contributed by atoms with Gasteiger partial charge < -0.3 is 19.1 Å². The number of allylic oxidation sites excluding steroid dienone is 7. The number of carbonyl (C=O) groups is 4. The van der Waals surface area contributed by atoms with E-state index in [1.165, 1.54) is 20.8 Å². The van der Waals surface area contributed by atoms with Crippen molar-refractivity contribution >= 4 is 23.8 Å². The highest BCUT2D eigenvalue weighted by atomic mass is 16.6. The molecule has 43 heavy (non-hydrogen) atoms. The molecule has 0 aromatic carbocycles. The summed E-state index contributed by atoms with van der Waals surface area (Å²) in [5.74, 6) is -2.28. The molecule has 8 heteroatoms. The highest BCUT2D eigenvalue weighted by Gasteiger charge is 2.58. The van der Waals surface area contributed by atoms with E-state index in [1.54, 1.807) is 6.08 Å². The van der Waals surface area contributed by atoms with Crippen LogP contribution in [0.15, 0.2) is 71.9 Å². The molecule has 4 aliphatic rings. The second-order valence-electron chi connectivity index (χ2n) is 12.0. The SMILES string of the molecule is CCC/C=C/C=C/C[C@@H]1C[C@H](OC(C)=O)[C@H]2[C@@H]3/C(C)=C/[C@H]4C=C[C@@H](OC(C)=O)[C@@H](OC(C)=O)[C@@H]4/C(C)=C/C=C\[C@@H]3C(=O)N12. The van der Waals surface area contributed by atoms with Crippen LogP contribution in [0, 0.1) is 23.7 Å². The third kappa shape index (κ3) is 7.28. The summed E-state index contributed by atoms with van der Waals surface area (Å²) in [5, 5.41) is 0. The van der Waals surface area contributed by atoms with Crippen molar-refractivity contribution in [1.82, 2.24) is 4.90 Å². The second-order valence-corrected chi connectivity index (χ2v) is 12.0. The Morgan fingerprint density at radius 3 is 2.28 bits per heavy atom. The van der Waals surface area contributed by atoms with Crippen molar-refractivity contribution in [3.8, 4) is 0 Å². The fourth-order valence-electron chi connectivity index (χ4n) is 7.26. The van der Waals surface area contributed by atoms with Gasteiger partial charge in [-0.25, -0.2) is 0 Å². The van der Waals surface area contributed by atoms with Crippen molar-refractivity contribution in [2.75, 3.05) is 0 Å². The molecule has 9 atom stereocenters. The number of carbonyl (C=O) groups excluding carboxylic acids is 4. The van der Waals surface area contributed by atoms with E-state index in [1.807, 2.05) is 55.2 Å². The summed E-state index contributed by atoms with van der Waals surface area (Å²) >= 11 is 0. The highest BCUT2D eigenvalue weighted by molar-refractivity contribution is 5.86. The van der Waals surface area contributed by atoms with Crippen LogP contribution in [0.4, 0.5) is 0 Å². The summed E-state index contributed by atoms with van der Waals surface area (Å²) in [6, 6.07) is -0.362. The number of hydrogen-bond acceptors (Lipinski definition) is 7. The number of esters is 3. The number of nitrogens with zero attached hydrogens (tertiary/aromatic N) is 1. The average molecular weight is 592 g/mol. The Balaban J connectivity index is 1.72. The summed E-state index contributed by atoms with van der Waals surface area (Å²) in [5.41, 5.74) is 1.95. The molecule has 0 unspecified atom stereocenters. The lowest BCUT2D eigenvalue weighted by Gasteiger charge is -2.39. The van der Waals surface area contributed by atoms with Crippen molar-refractivity contribution in [3.05, 3.63) is 71.9 Å². The normalized spacial score (nSPS) is 36.7. The largest absolute Gasteiger partial charge is 0.460 e. The van der Waals surface area contributed by atoms with Crippen molar-refractivity contribution in [3.63, 3.8) is 0 Å². The van der Waals surface area contributed by atoms with E-state index in [-0.39, 0.29) is 41.7 Å². The highest BCUT2D eigenvalue weighted by Crippen LogP contribution is 2.48. The topological polar surface area (TPSA) is 99.2 Å². The van der Waals surface area contributed by atoms with Gasteiger partial charge in [-0.2, -0.15) is 0 Å². The zero-order chi connectivity index (χ0) is 31.3. The van der Waals surface area contributed by atoms with Crippen LogP contribution in [0.3, 0.4) is 0 Å². The first-order valence-corrected chi connectivity index (χ1v) is 15.4. The number of hydrogen-bond donors (Lipinski definition) is 0. The van der Waals surface area contributed by atoms with Crippen molar-refractivity contribution in [2.45, 2.75) is 97.6 Å². The van der Waals surface area contributed by atoms with E-state index in [0.29, 0.717) is 12.8 Å². The van der Waals surface area contributed by atoms with Gasteiger partial charge in [0, 0.05) is 51.0 Å². The van der Waals surface area contributed by atoms with Gasteiger partial charge in [0.25, 0.3) is 0 Å². The molecule has 2 saturated heterocycles. The van der Waals surface area contributed by atoms with Crippen LogP contribution in [0.1, 0.15) is 67.2 Å². The van der Waals surface area contributed by atoms with Crippen molar-refractivity contribution < 1.29 is 33.4 Å². The monoisotopic (exact) mass is 591 g/mol. The molecule has 0 aromatic heterocycles. The maximum atomic E-state index is 14.1. The maximum Gasteiger partial charge on any atom is 0.303 e. The lowest BCUT2D eigenvalue weighted by atomic mass is 9.72. The maximum absolute atomic E-state index is 14.1. The van der Waals surface area contributed by atoms with Gasteiger partial charge in [-0.1, -0.05) is 79.2 Å². The van der Waals surface area contributed by atoms with Gasteiger partial charge in [0.05, 0.1) is 12.0 Å². The Morgan fingerprint density at radius 1 is 0.907 bits per heavy atom. The molecule has 2 aliphatic heterocycles.